The van der Waals surface area contributed by atoms with E-state index in [1.807, 2.05) is 6.20 Å². The molecule has 51 heavy (non-hydrogen) atoms. The standard InChI is InChI=1S/C28H37N8O5.2ClH.3I2.2H2O/c37-35(38)27-7-3-25(4-8-27)29-11-1-13-31-15-17-33(23-31)19-21-41-22-20-34-18-16-32(24-34)14-2-12-30-26-5-9-28(10-6-26)36(39)40;;;3*1-2;;/h3-10,15-18,23,29-30H,1-2,11-14,19-22,24H2;2*1H;;;;2*1H2/q+1;;;;;;;/p-2. The molecule has 15 nitrogen and oxygen atoms in total. The summed E-state index contributed by atoms with van der Waals surface area (Å²) in [6, 6.07) is 12.9. The lowest BCUT2D eigenvalue weighted by Crippen LogP contribution is -3.00. The highest BCUT2D eigenvalue weighted by molar-refractivity contribution is 15.0. The summed E-state index contributed by atoms with van der Waals surface area (Å²) in [4.78, 5) is 25.2. The topological polar surface area (TPSA) is 198 Å². The summed E-state index contributed by atoms with van der Waals surface area (Å²) in [6.07, 6.45) is 12.3. The van der Waals surface area contributed by atoms with Gasteiger partial charge in [-0.05, 0) is 30.7 Å². The highest BCUT2D eigenvalue weighted by atomic mass is 128. The molecule has 1 aliphatic heterocycles. The number of anilines is 2. The Kier molecular flexibility index (Phi) is 42.2. The van der Waals surface area contributed by atoms with Gasteiger partial charge in [0.05, 0.1) is 36.3 Å². The molecule has 23 heteroatoms. The lowest BCUT2D eigenvalue weighted by Gasteiger charge is -2.21. The number of ether oxygens (including phenoxy) is 1. The third-order valence-corrected chi connectivity index (χ3v) is 6.64. The maximum Gasteiger partial charge on any atom is 0.269 e. The number of benzene rings is 2. The summed E-state index contributed by atoms with van der Waals surface area (Å²) in [5.74, 6) is 0. The van der Waals surface area contributed by atoms with E-state index in [4.69, 9.17) is 4.74 Å². The molecule has 1 aromatic heterocycles. The van der Waals surface area contributed by atoms with Crippen LogP contribution in [0.2, 0.25) is 0 Å². The normalized spacial score (nSPS) is 10.5. The summed E-state index contributed by atoms with van der Waals surface area (Å²) in [5.41, 5.74) is 1.95. The monoisotopic (exact) mass is 1430 g/mol. The molecule has 0 saturated carbocycles. The average Bonchev–Trinajstić information content (AvgIpc) is 3.77. The quantitative estimate of drug-likeness (QED) is 0.0621. The molecule has 2 aromatic carbocycles. The summed E-state index contributed by atoms with van der Waals surface area (Å²) < 4.78 is 10.1. The molecule has 6 N–H and O–H groups in total. The van der Waals surface area contributed by atoms with Gasteiger partial charge >= 0.3 is 0 Å². The minimum Gasteiger partial charge on any atom is -1.00 e. The maximum absolute atomic E-state index is 10.7. The first-order valence-electron chi connectivity index (χ1n) is 14.1. The van der Waals surface area contributed by atoms with Crippen molar-refractivity contribution in [2.45, 2.75) is 25.9 Å². The molecule has 0 saturated heterocycles. The van der Waals surface area contributed by atoms with Gasteiger partial charge in [-0.3, -0.25) is 20.2 Å². The van der Waals surface area contributed by atoms with Gasteiger partial charge in [0, 0.05) is 192 Å². The smallest absolute Gasteiger partial charge is 0.269 e. The van der Waals surface area contributed by atoms with Crippen LogP contribution in [-0.2, 0) is 17.8 Å². The maximum atomic E-state index is 10.7. The fraction of sp³-hybridized carbons (Fsp3) is 0.393. The van der Waals surface area contributed by atoms with Gasteiger partial charge < -0.3 is 60.9 Å². The molecule has 0 fully saturated rings. The Morgan fingerprint density at radius 3 is 1.65 bits per heavy atom. The van der Waals surface area contributed by atoms with Crippen molar-refractivity contribution >= 4 is 134 Å². The first-order chi connectivity index (χ1) is 23.0. The number of non-ortho nitro benzene ring substituents is 2. The number of nitro benzene ring substituents is 2. The van der Waals surface area contributed by atoms with Gasteiger partial charge in [-0.1, -0.05) is 0 Å². The Morgan fingerprint density at radius 1 is 0.706 bits per heavy atom. The van der Waals surface area contributed by atoms with Crippen molar-refractivity contribution in [3.63, 3.8) is 0 Å². The van der Waals surface area contributed by atoms with Crippen LogP contribution in [0, 0.1) is 20.2 Å². The Morgan fingerprint density at radius 2 is 1.16 bits per heavy atom. The van der Waals surface area contributed by atoms with Crippen LogP contribution in [0.1, 0.15) is 12.8 Å². The summed E-state index contributed by atoms with van der Waals surface area (Å²) in [7, 11) is 0. The van der Waals surface area contributed by atoms with Gasteiger partial charge in [-0.2, -0.15) is 0 Å². The zero-order valence-electron chi connectivity index (χ0n) is 27.0. The van der Waals surface area contributed by atoms with Crippen molar-refractivity contribution in [2.75, 3.05) is 56.7 Å². The van der Waals surface area contributed by atoms with Crippen LogP contribution < -0.4 is 40.0 Å². The highest BCUT2D eigenvalue weighted by Gasteiger charge is 2.12. The van der Waals surface area contributed by atoms with Crippen molar-refractivity contribution in [2.24, 2.45) is 0 Å². The van der Waals surface area contributed by atoms with E-state index in [-0.39, 0.29) is 47.1 Å². The van der Waals surface area contributed by atoms with E-state index in [0.29, 0.717) is 13.2 Å². The zero-order valence-corrected chi connectivity index (χ0v) is 41.5. The number of hydrogen-bond acceptors (Lipinski definition) is 9. The van der Waals surface area contributed by atoms with Crippen molar-refractivity contribution in [1.29, 1.82) is 0 Å². The molecule has 0 radical (unpaired) electrons. The minimum atomic E-state index is -0.397. The first kappa shape index (κ1) is 57.9. The van der Waals surface area contributed by atoms with E-state index in [9.17, 15) is 20.2 Å². The fourth-order valence-electron chi connectivity index (χ4n) is 4.37. The average molecular weight is 1430 g/mol. The number of halogens is 8. The van der Waals surface area contributed by atoms with E-state index in [1.165, 1.54) is 24.3 Å². The van der Waals surface area contributed by atoms with Crippen molar-refractivity contribution < 1.29 is 54.9 Å². The second-order valence-electron chi connectivity index (χ2n) is 9.73. The summed E-state index contributed by atoms with van der Waals surface area (Å²) in [6.45, 7) is 7.15. The predicted molar refractivity (Wildman–Crippen MR) is 247 cm³/mol. The van der Waals surface area contributed by atoms with Crippen molar-refractivity contribution in [3.05, 3.63) is 99.9 Å². The van der Waals surface area contributed by atoms with Gasteiger partial charge in [0.1, 0.15) is 18.9 Å². The molecule has 4 rings (SSSR count). The van der Waals surface area contributed by atoms with Crippen molar-refractivity contribution in [3.8, 4) is 0 Å². The summed E-state index contributed by atoms with van der Waals surface area (Å²) in [5, 5.41) is 28.1. The zero-order chi connectivity index (χ0) is 34.9. The Balaban J connectivity index is -0.00000105. The molecular weight excluding hydrogens is 1390 g/mol. The van der Waals surface area contributed by atoms with Crippen LogP contribution in [0.5, 0.6) is 0 Å². The van der Waals surface area contributed by atoms with Crippen LogP contribution >= 0.6 is 112 Å². The molecule has 292 valence electrons. The third kappa shape index (κ3) is 25.1. The van der Waals surface area contributed by atoms with E-state index in [1.54, 1.807) is 24.3 Å². The number of imidazole rings is 1. The van der Waals surface area contributed by atoms with Gasteiger partial charge in [0.15, 0.2) is 0 Å². The highest BCUT2D eigenvalue weighted by Crippen LogP contribution is 2.16. The molecule has 0 atom stereocenters. The Labute approximate surface area is 380 Å². The van der Waals surface area contributed by atoms with Crippen LogP contribution in [0.3, 0.4) is 0 Å². The fourth-order valence-corrected chi connectivity index (χ4v) is 4.37. The van der Waals surface area contributed by atoms with E-state index in [0.717, 1.165) is 70.2 Å². The van der Waals surface area contributed by atoms with Gasteiger partial charge in [-0.25, -0.2) is 9.13 Å². The van der Waals surface area contributed by atoms with E-state index < -0.39 is 9.85 Å². The molecule has 0 bridgehead atoms. The second kappa shape index (κ2) is 37.2. The van der Waals surface area contributed by atoms with Crippen LogP contribution in [0.4, 0.5) is 22.7 Å². The van der Waals surface area contributed by atoms with Crippen LogP contribution in [-0.4, -0.2) is 81.2 Å². The summed E-state index contributed by atoms with van der Waals surface area (Å²) >= 11 is 12.7. The Bertz CT molecular complexity index is 1320. The number of hydrogen-bond donors (Lipinski definition) is 2. The lowest BCUT2D eigenvalue weighted by molar-refractivity contribution is -0.696. The minimum absolute atomic E-state index is 0. The molecular formula is C28H41Cl2I6N8O7-. The number of rotatable bonds is 18. The molecule has 0 aliphatic carbocycles. The number of aromatic nitrogens is 2. The molecule has 2 heterocycles. The molecule has 0 spiro atoms. The van der Waals surface area contributed by atoms with Crippen LogP contribution in [0.25, 0.3) is 0 Å². The first-order valence-corrected chi connectivity index (χ1v) is 33.0. The number of nitro groups is 2. The van der Waals surface area contributed by atoms with Crippen LogP contribution in [0.15, 0.2) is 79.7 Å². The number of nitrogens with one attached hydrogen (secondary N) is 2. The SMILES string of the molecule is II.II.II.O.O.O=[N+]([O-])c1ccc(NCCCN2C=CN(CCOCCn3cc[n+](CCCNc4ccc([N+](=O)[O-])cc4)c3)C2)cc1.[Cl-].[Cl-]. The van der Waals surface area contributed by atoms with Gasteiger partial charge in [0.25, 0.3) is 11.4 Å². The number of aryl methyl sites for hydroxylation is 1. The molecule has 0 unspecified atom stereocenters. The lowest BCUT2D eigenvalue weighted by atomic mass is 10.3. The second-order valence-corrected chi connectivity index (χ2v) is 9.73. The molecule has 3 aromatic rings. The Hall–Kier alpha value is 0.230. The predicted octanol–water partition coefficient (Wildman–Crippen LogP) is 1.33. The van der Waals surface area contributed by atoms with Gasteiger partial charge in [-0.15, -0.1) is 0 Å². The third-order valence-electron chi connectivity index (χ3n) is 6.64. The van der Waals surface area contributed by atoms with E-state index >= 15 is 0 Å². The van der Waals surface area contributed by atoms with E-state index in [2.05, 4.69) is 166 Å². The largest absolute Gasteiger partial charge is 1.00 e. The molecule has 0 amide bonds. The van der Waals surface area contributed by atoms with Gasteiger partial charge in [0.2, 0.25) is 6.33 Å². The van der Waals surface area contributed by atoms with Crippen molar-refractivity contribution in [1.82, 2.24) is 14.4 Å². The molecule has 1 aliphatic rings. The number of nitrogens with zero attached hydrogens (tertiary/aromatic N) is 6.